The molecule has 42 heavy (non-hydrogen) atoms. The minimum Gasteiger partial charge on any atom is -0.464 e. The molecular weight excluding hydrogens is 534 g/mol. The number of nitrogens with zero attached hydrogens (tertiary/aromatic N) is 5. The van der Waals surface area contributed by atoms with Crippen molar-refractivity contribution in [1.82, 2.24) is 20.0 Å². The molecule has 1 aromatic carbocycles. The first kappa shape index (κ1) is 28.2. The number of methoxy groups -OCH3 is 1. The summed E-state index contributed by atoms with van der Waals surface area (Å²) in [7, 11) is 1.35. The minimum atomic E-state index is -0.573. The summed E-state index contributed by atoms with van der Waals surface area (Å²) in [6.07, 6.45) is 5.95. The van der Waals surface area contributed by atoms with E-state index in [9.17, 15) is 9.59 Å². The molecule has 2 atom stereocenters. The zero-order valence-corrected chi connectivity index (χ0v) is 24.8. The third-order valence-electron chi connectivity index (χ3n) is 8.61. The zero-order chi connectivity index (χ0) is 29.5. The van der Waals surface area contributed by atoms with E-state index in [2.05, 4.69) is 27.2 Å². The maximum Gasteiger partial charge on any atom is 0.410 e. The molecule has 2 saturated carbocycles. The van der Waals surface area contributed by atoms with E-state index in [4.69, 9.17) is 19.0 Å². The lowest BCUT2D eigenvalue weighted by Crippen LogP contribution is -2.43. The summed E-state index contributed by atoms with van der Waals surface area (Å²) in [4.78, 5) is 38.4. The fourth-order valence-corrected chi connectivity index (χ4v) is 5.95. The fourth-order valence-electron chi connectivity index (χ4n) is 5.95. The second-order valence-corrected chi connectivity index (χ2v) is 12.8. The number of hydrogen-bond donors (Lipinski definition) is 0. The molecule has 3 aliphatic rings. The molecule has 1 amide bonds. The van der Waals surface area contributed by atoms with Crippen LogP contribution < -0.4 is 4.90 Å². The van der Waals surface area contributed by atoms with Crippen LogP contribution in [-0.2, 0) is 14.9 Å². The second kappa shape index (κ2) is 11.0. The summed E-state index contributed by atoms with van der Waals surface area (Å²) < 4.78 is 16.4. The van der Waals surface area contributed by atoms with Crippen molar-refractivity contribution in [1.29, 1.82) is 0 Å². The SMILES string of the molecule is COC(=O)c1ccc(N2CCC(c3nc(C4(CN(C(=O)OC(C)(C)C)C5CC5c5ccccc5)CC4)no3)CC2)cn1. The van der Waals surface area contributed by atoms with Crippen LogP contribution in [0.3, 0.4) is 0 Å². The number of carbonyl (C=O) groups is 2. The lowest BCUT2D eigenvalue weighted by molar-refractivity contribution is 0.0208. The van der Waals surface area contributed by atoms with Crippen LogP contribution in [-0.4, -0.2) is 70.5 Å². The minimum absolute atomic E-state index is 0.103. The van der Waals surface area contributed by atoms with Crippen molar-refractivity contribution in [3.05, 3.63) is 71.6 Å². The summed E-state index contributed by atoms with van der Waals surface area (Å²) in [5, 5.41) is 4.45. The molecule has 10 heteroatoms. The normalized spacial score (nSPS) is 21.5. The maximum atomic E-state index is 13.4. The molecule has 10 nitrogen and oxygen atoms in total. The van der Waals surface area contributed by atoms with Crippen LogP contribution in [0.5, 0.6) is 0 Å². The molecule has 1 aliphatic heterocycles. The molecule has 1 saturated heterocycles. The Balaban J connectivity index is 1.11. The van der Waals surface area contributed by atoms with Crippen molar-refractivity contribution in [3.63, 3.8) is 0 Å². The van der Waals surface area contributed by atoms with Gasteiger partial charge in [0.15, 0.2) is 5.82 Å². The van der Waals surface area contributed by atoms with Gasteiger partial charge < -0.3 is 23.8 Å². The van der Waals surface area contributed by atoms with Gasteiger partial charge in [0.1, 0.15) is 11.3 Å². The molecule has 2 unspecified atom stereocenters. The Bertz CT molecular complexity index is 1410. The van der Waals surface area contributed by atoms with Gasteiger partial charge in [0.2, 0.25) is 5.89 Å². The number of anilines is 1. The highest BCUT2D eigenvalue weighted by Crippen LogP contribution is 2.52. The van der Waals surface area contributed by atoms with Crippen molar-refractivity contribution in [2.75, 3.05) is 31.6 Å². The fraction of sp³-hybridized carbons (Fsp3) is 0.531. The number of hydrogen-bond acceptors (Lipinski definition) is 9. The third-order valence-corrected chi connectivity index (χ3v) is 8.61. The first-order valence-corrected chi connectivity index (χ1v) is 14.8. The number of esters is 1. The third kappa shape index (κ3) is 5.98. The molecule has 6 rings (SSSR count). The van der Waals surface area contributed by atoms with Gasteiger partial charge in [0.25, 0.3) is 0 Å². The van der Waals surface area contributed by atoms with Crippen LogP contribution in [0.25, 0.3) is 0 Å². The molecule has 0 N–H and O–H groups in total. The highest BCUT2D eigenvalue weighted by Gasteiger charge is 2.55. The van der Waals surface area contributed by atoms with Crippen LogP contribution in [0.2, 0.25) is 0 Å². The van der Waals surface area contributed by atoms with E-state index in [0.29, 0.717) is 29.9 Å². The monoisotopic (exact) mass is 573 g/mol. The standard InChI is InChI=1S/C32H39N5O5/c1-31(2,3)41-30(39)37(26-18-24(26)21-8-6-5-7-9-21)20-32(14-15-32)29-34-27(42-35-29)22-12-16-36(17-13-22)23-10-11-25(33-19-23)28(38)40-4/h5-11,19,22,24,26H,12-18,20H2,1-4H3. The summed E-state index contributed by atoms with van der Waals surface area (Å²) in [5.74, 6) is 1.42. The van der Waals surface area contributed by atoms with E-state index in [1.54, 1.807) is 12.3 Å². The lowest BCUT2D eigenvalue weighted by Gasteiger charge is -2.32. The van der Waals surface area contributed by atoms with E-state index in [0.717, 1.165) is 50.9 Å². The Morgan fingerprint density at radius 2 is 1.83 bits per heavy atom. The molecule has 3 fully saturated rings. The van der Waals surface area contributed by atoms with Gasteiger partial charge in [-0.15, -0.1) is 0 Å². The van der Waals surface area contributed by atoms with E-state index < -0.39 is 11.6 Å². The Kier molecular flexibility index (Phi) is 7.41. The predicted octanol–water partition coefficient (Wildman–Crippen LogP) is 5.46. The van der Waals surface area contributed by atoms with Gasteiger partial charge in [0.05, 0.1) is 24.4 Å². The van der Waals surface area contributed by atoms with Gasteiger partial charge in [-0.05, 0) is 70.6 Å². The van der Waals surface area contributed by atoms with Crippen LogP contribution in [0, 0.1) is 0 Å². The average Bonchev–Trinajstić information content (AvgIpc) is 3.91. The topological polar surface area (TPSA) is 111 Å². The lowest BCUT2D eigenvalue weighted by atomic mass is 9.96. The molecule has 0 radical (unpaired) electrons. The number of piperidine rings is 1. The van der Waals surface area contributed by atoms with E-state index in [1.807, 2.05) is 49.9 Å². The van der Waals surface area contributed by atoms with E-state index in [-0.39, 0.29) is 23.5 Å². The highest BCUT2D eigenvalue weighted by atomic mass is 16.6. The average molecular weight is 574 g/mol. The van der Waals surface area contributed by atoms with Gasteiger partial charge in [0, 0.05) is 37.5 Å². The first-order valence-electron chi connectivity index (χ1n) is 14.8. The molecule has 2 aromatic heterocycles. The van der Waals surface area contributed by atoms with Crippen LogP contribution >= 0.6 is 0 Å². The second-order valence-electron chi connectivity index (χ2n) is 12.8. The van der Waals surface area contributed by atoms with Crippen molar-refractivity contribution < 1.29 is 23.6 Å². The number of ether oxygens (including phenoxy) is 2. The largest absolute Gasteiger partial charge is 0.464 e. The number of pyridine rings is 1. The number of benzene rings is 1. The summed E-state index contributed by atoms with van der Waals surface area (Å²) >= 11 is 0. The summed E-state index contributed by atoms with van der Waals surface area (Å²) in [6.45, 7) is 7.89. The summed E-state index contributed by atoms with van der Waals surface area (Å²) in [6, 6.07) is 14.1. The van der Waals surface area contributed by atoms with E-state index >= 15 is 0 Å². The van der Waals surface area contributed by atoms with Gasteiger partial charge in [-0.1, -0.05) is 35.5 Å². The quantitative estimate of drug-likeness (QED) is 0.324. The maximum absolute atomic E-state index is 13.4. The van der Waals surface area contributed by atoms with Gasteiger partial charge in [-0.3, -0.25) is 0 Å². The molecule has 0 spiro atoms. The van der Waals surface area contributed by atoms with Crippen molar-refractivity contribution in [2.45, 2.75) is 81.8 Å². The first-order chi connectivity index (χ1) is 20.2. The molecule has 0 bridgehead atoms. The Hall–Kier alpha value is -3.95. The highest BCUT2D eigenvalue weighted by molar-refractivity contribution is 5.87. The van der Waals surface area contributed by atoms with Crippen molar-refractivity contribution in [3.8, 4) is 0 Å². The van der Waals surface area contributed by atoms with Crippen LogP contribution in [0.15, 0.2) is 53.2 Å². The molecule has 2 aliphatic carbocycles. The molecule has 222 valence electrons. The van der Waals surface area contributed by atoms with Gasteiger partial charge >= 0.3 is 12.1 Å². The van der Waals surface area contributed by atoms with Crippen LogP contribution in [0.1, 0.15) is 92.5 Å². The zero-order valence-electron chi connectivity index (χ0n) is 24.8. The van der Waals surface area contributed by atoms with Gasteiger partial charge in [-0.2, -0.15) is 4.98 Å². The summed E-state index contributed by atoms with van der Waals surface area (Å²) in [5.41, 5.74) is 1.66. The predicted molar refractivity (Wildman–Crippen MR) is 156 cm³/mol. The number of amides is 1. The van der Waals surface area contributed by atoms with Gasteiger partial charge in [-0.25, -0.2) is 14.6 Å². The van der Waals surface area contributed by atoms with Crippen molar-refractivity contribution >= 4 is 17.7 Å². The Labute approximate surface area is 246 Å². The molecule has 3 heterocycles. The number of aromatic nitrogens is 3. The van der Waals surface area contributed by atoms with Crippen LogP contribution in [0.4, 0.5) is 10.5 Å². The molecular formula is C32H39N5O5. The number of carbonyl (C=O) groups excluding carboxylic acids is 2. The number of rotatable bonds is 8. The molecule has 3 aromatic rings. The smallest absolute Gasteiger partial charge is 0.410 e. The Morgan fingerprint density at radius 1 is 1.10 bits per heavy atom. The Morgan fingerprint density at radius 3 is 2.45 bits per heavy atom. The van der Waals surface area contributed by atoms with Crippen molar-refractivity contribution in [2.24, 2.45) is 0 Å². The van der Waals surface area contributed by atoms with E-state index in [1.165, 1.54) is 12.7 Å².